The van der Waals surface area contributed by atoms with E-state index in [0.29, 0.717) is 18.7 Å². The second kappa shape index (κ2) is 4.37. The largest absolute Gasteiger partial charge is 0.507 e. The highest BCUT2D eigenvalue weighted by atomic mass is 16.5. The van der Waals surface area contributed by atoms with Crippen LogP contribution >= 0.6 is 0 Å². The number of aromatic hydroxyl groups is 1. The molecule has 92 valence electrons. The lowest BCUT2D eigenvalue weighted by molar-refractivity contribution is -0.143. The van der Waals surface area contributed by atoms with Crippen molar-refractivity contribution in [2.75, 3.05) is 7.11 Å². The maximum atomic E-state index is 11.5. The predicted octanol–water partition coefficient (Wildman–Crippen LogP) is 1.20. The Kier molecular flexibility index (Phi) is 3.07. The zero-order chi connectivity index (χ0) is 12.6. The van der Waals surface area contributed by atoms with Gasteiger partial charge in [-0.05, 0) is 42.5 Å². The number of hydrogen-bond acceptors (Lipinski definition) is 4. The summed E-state index contributed by atoms with van der Waals surface area (Å²) in [7, 11) is 1.40. The second-order valence-corrected chi connectivity index (χ2v) is 4.47. The van der Waals surface area contributed by atoms with Crippen molar-refractivity contribution >= 4 is 5.97 Å². The predicted molar refractivity (Wildman–Crippen MR) is 63.9 cm³/mol. The Labute approximate surface area is 101 Å². The molecule has 1 aliphatic heterocycles. The van der Waals surface area contributed by atoms with Crippen LogP contribution in [0.15, 0.2) is 6.07 Å². The van der Waals surface area contributed by atoms with Crippen LogP contribution in [0.25, 0.3) is 0 Å². The molecule has 0 bridgehead atoms. The number of phenols is 1. The van der Waals surface area contributed by atoms with E-state index in [9.17, 15) is 9.90 Å². The topological polar surface area (TPSA) is 58.6 Å². The molecule has 1 aliphatic rings. The van der Waals surface area contributed by atoms with E-state index >= 15 is 0 Å². The summed E-state index contributed by atoms with van der Waals surface area (Å²) in [5.74, 6) is 0.112. The van der Waals surface area contributed by atoms with Gasteiger partial charge in [0.1, 0.15) is 11.8 Å². The molecule has 1 aromatic rings. The molecule has 2 rings (SSSR count). The number of nitrogens with one attached hydrogen (secondary N) is 1. The molecule has 1 aromatic carbocycles. The molecule has 1 atom stereocenters. The first-order valence-electron chi connectivity index (χ1n) is 5.66. The fourth-order valence-corrected chi connectivity index (χ4v) is 2.35. The molecule has 4 heteroatoms. The minimum atomic E-state index is -0.282. The average molecular weight is 235 g/mol. The molecular weight excluding hydrogens is 218 g/mol. The number of methoxy groups -OCH3 is 1. The van der Waals surface area contributed by atoms with E-state index in [4.69, 9.17) is 4.74 Å². The van der Waals surface area contributed by atoms with Crippen molar-refractivity contribution in [3.05, 3.63) is 28.3 Å². The lowest BCUT2D eigenvalue weighted by atomic mass is 9.90. The summed E-state index contributed by atoms with van der Waals surface area (Å²) in [6, 6.07) is 1.67. The fourth-order valence-electron chi connectivity index (χ4n) is 2.35. The Bertz CT molecular complexity index is 468. The van der Waals surface area contributed by atoms with Gasteiger partial charge in [0, 0.05) is 6.54 Å². The summed E-state index contributed by atoms with van der Waals surface area (Å²) in [5.41, 5.74) is 3.96. The molecule has 0 radical (unpaired) electrons. The first kappa shape index (κ1) is 11.9. The van der Waals surface area contributed by atoms with Gasteiger partial charge in [0.25, 0.3) is 0 Å². The number of benzene rings is 1. The standard InChI is InChI=1S/C13H17NO3/c1-7-4-9-5-11(13(16)17-3)14-6-10(9)8(2)12(7)15/h4,11,14-15H,5-6H2,1-3H3. The zero-order valence-electron chi connectivity index (χ0n) is 10.3. The summed E-state index contributed by atoms with van der Waals surface area (Å²) in [6.07, 6.45) is 0.615. The molecule has 0 spiro atoms. The fraction of sp³-hybridized carbons (Fsp3) is 0.462. The van der Waals surface area contributed by atoms with Gasteiger partial charge >= 0.3 is 5.97 Å². The number of carbonyl (C=O) groups excluding carboxylic acids is 1. The second-order valence-electron chi connectivity index (χ2n) is 4.47. The highest BCUT2D eigenvalue weighted by Crippen LogP contribution is 2.30. The maximum Gasteiger partial charge on any atom is 0.323 e. The van der Waals surface area contributed by atoms with E-state index < -0.39 is 0 Å². The lowest BCUT2D eigenvalue weighted by Crippen LogP contribution is -2.42. The third-order valence-corrected chi connectivity index (χ3v) is 3.39. The van der Waals surface area contributed by atoms with E-state index in [1.54, 1.807) is 0 Å². The van der Waals surface area contributed by atoms with Crippen molar-refractivity contribution in [3.8, 4) is 5.75 Å². The van der Waals surface area contributed by atoms with Crippen LogP contribution in [0.2, 0.25) is 0 Å². The first-order valence-corrected chi connectivity index (χ1v) is 5.66. The molecule has 1 unspecified atom stereocenters. The number of carbonyl (C=O) groups is 1. The summed E-state index contributed by atoms with van der Waals surface area (Å²) in [5, 5.41) is 13.0. The van der Waals surface area contributed by atoms with Gasteiger partial charge in [-0.1, -0.05) is 6.07 Å². The Hall–Kier alpha value is -1.55. The van der Waals surface area contributed by atoms with Crippen LogP contribution in [0, 0.1) is 13.8 Å². The average Bonchev–Trinajstić information content (AvgIpc) is 2.34. The van der Waals surface area contributed by atoms with E-state index in [1.165, 1.54) is 7.11 Å². The van der Waals surface area contributed by atoms with Gasteiger partial charge in [-0.3, -0.25) is 10.1 Å². The van der Waals surface area contributed by atoms with Crippen LogP contribution in [-0.4, -0.2) is 24.2 Å². The van der Waals surface area contributed by atoms with Crippen LogP contribution in [0.5, 0.6) is 5.75 Å². The SMILES string of the molecule is COC(=O)C1Cc2cc(C)c(O)c(C)c2CN1. The summed E-state index contributed by atoms with van der Waals surface area (Å²) in [4.78, 5) is 11.5. The van der Waals surface area contributed by atoms with Crippen molar-refractivity contribution in [3.63, 3.8) is 0 Å². The smallest absolute Gasteiger partial charge is 0.323 e. The summed E-state index contributed by atoms with van der Waals surface area (Å²) < 4.78 is 4.74. The van der Waals surface area contributed by atoms with Crippen molar-refractivity contribution in [2.45, 2.75) is 32.9 Å². The summed E-state index contributed by atoms with van der Waals surface area (Å²) >= 11 is 0. The molecule has 0 saturated heterocycles. The van der Waals surface area contributed by atoms with Gasteiger partial charge in [-0.25, -0.2) is 0 Å². The number of fused-ring (bicyclic) bond motifs is 1. The van der Waals surface area contributed by atoms with Crippen molar-refractivity contribution < 1.29 is 14.6 Å². The van der Waals surface area contributed by atoms with Crippen LogP contribution in [0.4, 0.5) is 0 Å². The number of phenolic OH excluding ortho intramolecular Hbond substituents is 1. The summed E-state index contributed by atoms with van der Waals surface area (Å²) in [6.45, 7) is 4.37. The Morgan fingerprint density at radius 3 is 2.88 bits per heavy atom. The van der Waals surface area contributed by atoms with E-state index in [0.717, 1.165) is 22.3 Å². The van der Waals surface area contributed by atoms with Gasteiger partial charge in [-0.15, -0.1) is 0 Å². The van der Waals surface area contributed by atoms with Gasteiger partial charge in [0.05, 0.1) is 7.11 Å². The van der Waals surface area contributed by atoms with E-state index in [-0.39, 0.29) is 12.0 Å². The highest BCUT2D eigenvalue weighted by molar-refractivity contribution is 5.76. The normalized spacial score (nSPS) is 18.6. The molecule has 1 heterocycles. The molecule has 0 amide bonds. The first-order chi connectivity index (χ1) is 8.04. The monoisotopic (exact) mass is 235 g/mol. The molecule has 0 fully saturated rings. The van der Waals surface area contributed by atoms with Crippen LogP contribution in [-0.2, 0) is 22.5 Å². The quantitative estimate of drug-likeness (QED) is 0.718. The molecular formula is C13H17NO3. The number of hydrogen-bond donors (Lipinski definition) is 2. The number of ether oxygens (including phenoxy) is 1. The third-order valence-electron chi connectivity index (χ3n) is 3.39. The molecule has 4 nitrogen and oxygen atoms in total. The third kappa shape index (κ3) is 2.00. The molecule has 0 aliphatic carbocycles. The number of esters is 1. The van der Waals surface area contributed by atoms with E-state index in [2.05, 4.69) is 5.32 Å². The molecule has 2 N–H and O–H groups in total. The minimum Gasteiger partial charge on any atom is -0.507 e. The Balaban J connectivity index is 2.36. The van der Waals surface area contributed by atoms with Gasteiger partial charge in [0.15, 0.2) is 0 Å². The van der Waals surface area contributed by atoms with Gasteiger partial charge in [0.2, 0.25) is 0 Å². The van der Waals surface area contributed by atoms with Gasteiger partial charge < -0.3 is 9.84 Å². The van der Waals surface area contributed by atoms with Crippen molar-refractivity contribution in [1.82, 2.24) is 5.32 Å². The van der Waals surface area contributed by atoms with E-state index in [1.807, 2.05) is 19.9 Å². The molecule has 17 heavy (non-hydrogen) atoms. The van der Waals surface area contributed by atoms with Crippen LogP contribution in [0.1, 0.15) is 22.3 Å². The molecule has 0 aromatic heterocycles. The maximum absolute atomic E-state index is 11.5. The van der Waals surface area contributed by atoms with Crippen molar-refractivity contribution in [2.24, 2.45) is 0 Å². The Morgan fingerprint density at radius 2 is 2.24 bits per heavy atom. The zero-order valence-corrected chi connectivity index (χ0v) is 10.3. The molecule has 0 saturated carbocycles. The highest BCUT2D eigenvalue weighted by Gasteiger charge is 2.26. The van der Waals surface area contributed by atoms with Crippen LogP contribution < -0.4 is 5.32 Å². The van der Waals surface area contributed by atoms with Crippen molar-refractivity contribution in [1.29, 1.82) is 0 Å². The Morgan fingerprint density at radius 1 is 1.53 bits per heavy atom. The van der Waals surface area contributed by atoms with Gasteiger partial charge in [-0.2, -0.15) is 0 Å². The number of rotatable bonds is 1. The lowest BCUT2D eigenvalue weighted by Gasteiger charge is -2.26. The minimum absolute atomic E-state index is 0.237. The number of aryl methyl sites for hydroxylation is 1. The van der Waals surface area contributed by atoms with Crippen LogP contribution in [0.3, 0.4) is 0 Å².